The fourth-order valence-electron chi connectivity index (χ4n) is 2.28. The minimum atomic E-state index is 0. The van der Waals surface area contributed by atoms with Gasteiger partial charge in [0.05, 0.1) is 0 Å². The Morgan fingerprint density at radius 1 is 0.647 bits per heavy atom. The van der Waals surface area contributed by atoms with Crippen LogP contribution in [0.3, 0.4) is 0 Å². The van der Waals surface area contributed by atoms with Crippen molar-refractivity contribution in [1.29, 1.82) is 0 Å². The molecular formula is C15H34N2. The van der Waals surface area contributed by atoms with E-state index < -0.39 is 0 Å². The molecule has 0 unspecified atom stereocenters. The predicted octanol–water partition coefficient (Wildman–Crippen LogP) is 3.33. The number of nitrogens with zero attached hydrogens (tertiary/aromatic N) is 2. The summed E-state index contributed by atoms with van der Waals surface area (Å²) in [5.41, 5.74) is 0. The summed E-state index contributed by atoms with van der Waals surface area (Å²) in [6, 6.07) is 0. The van der Waals surface area contributed by atoms with Crippen molar-refractivity contribution in [3.63, 3.8) is 0 Å². The third kappa shape index (κ3) is 7.77. The first-order valence-electron chi connectivity index (χ1n) is 6.95. The lowest BCUT2D eigenvalue weighted by Gasteiger charge is -2.26. The highest BCUT2D eigenvalue weighted by atomic mass is 15.1. The van der Waals surface area contributed by atoms with Gasteiger partial charge in [0.25, 0.3) is 0 Å². The Balaban J connectivity index is 0.000000284. The molecule has 2 saturated heterocycles. The third-order valence-electron chi connectivity index (χ3n) is 4.01. The van der Waals surface area contributed by atoms with Gasteiger partial charge in [-0.15, -0.1) is 0 Å². The van der Waals surface area contributed by atoms with Crippen molar-refractivity contribution >= 4 is 0 Å². The Hall–Kier alpha value is -0.0800. The fourth-order valence-corrected chi connectivity index (χ4v) is 2.28. The van der Waals surface area contributed by atoms with E-state index in [4.69, 9.17) is 0 Å². The van der Waals surface area contributed by atoms with Crippen molar-refractivity contribution in [2.45, 2.75) is 47.0 Å². The van der Waals surface area contributed by atoms with Crippen LogP contribution in [0.2, 0.25) is 0 Å². The Morgan fingerprint density at radius 3 is 1.06 bits per heavy atom. The van der Waals surface area contributed by atoms with Crippen molar-refractivity contribution in [1.82, 2.24) is 9.80 Å². The van der Waals surface area contributed by atoms with Gasteiger partial charge in [0, 0.05) is 0 Å². The van der Waals surface area contributed by atoms with Crippen LogP contribution in [0.5, 0.6) is 0 Å². The first-order chi connectivity index (χ1) is 7.58. The second-order valence-electron chi connectivity index (χ2n) is 5.97. The van der Waals surface area contributed by atoms with Gasteiger partial charge in [-0.05, 0) is 77.8 Å². The Morgan fingerprint density at radius 2 is 0.882 bits per heavy atom. The molecule has 104 valence electrons. The van der Waals surface area contributed by atoms with Crippen LogP contribution in [0.1, 0.15) is 47.0 Å². The average molecular weight is 242 g/mol. The monoisotopic (exact) mass is 242 g/mol. The summed E-state index contributed by atoms with van der Waals surface area (Å²) in [5.74, 6) is 1.96. The SMILES string of the molecule is C.CC1CCN(C)CC1.CC1CCN(C)CC1. The molecule has 2 heterocycles. The van der Waals surface area contributed by atoms with Crippen LogP contribution in [0.25, 0.3) is 0 Å². The molecule has 0 aliphatic carbocycles. The van der Waals surface area contributed by atoms with Gasteiger partial charge in [-0.3, -0.25) is 0 Å². The maximum Gasteiger partial charge on any atom is -0.00192 e. The maximum atomic E-state index is 2.40. The quantitative estimate of drug-likeness (QED) is 0.643. The van der Waals surface area contributed by atoms with Crippen LogP contribution in [-0.2, 0) is 0 Å². The predicted molar refractivity (Wildman–Crippen MR) is 78.5 cm³/mol. The molecule has 0 atom stereocenters. The van der Waals surface area contributed by atoms with Gasteiger partial charge in [-0.1, -0.05) is 21.3 Å². The minimum absolute atomic E-state index is 0. The summed E-state index contributed by atoms with van der Waals surface area (Å²) in [7, 11) is 4.40. The molecule has 2 aliphatic rings. The standard InChI is InChI=1S/2C7H15N.CH4/c2*1-7-3-5-8(2)6-4-7;/h2*7H,3-6H2,1-2H3;1H4. The van der Waals surface area contributed by atoms with Crippen molar-refractivity contribution in [3.8, 4) is 0 Å². The van der Waals surface area contributed by atoms with Crippen LogP contribution in [-0.4, -0.2) is 50.1 Å². The highest BCUT2D eigenvalue weighted by Gasteiger charge is 2.11. The Kier molecular flexibility index (Phi) is 8.89. The lowest BCUT2D eigenvalue weighted by molar-refractivity contribution is 0.230. The van der Waals surface area contributed by atoms with Gasteiger partial charge in [0.15, 0.2) is 0 Å². The van der Waals surface area contributed by atoms with Gasteiger partial charge in [-0.2, -0.15) is 0 Å². The number of piperidine rings is 2. The van der Waals surface area contributed by atoms with Gasteiger partial charge in [-0.25, -0.2) is 0 Å². The molecule has 0 aromatic heterocycles. The summed E-state index contributed by atoms with van der Waals surface area (Å²) < 4.78 is 0. The van der Waals surface area contributed by atoms with E-state index in [1.165, 1.54) is 51.9 Å². The Labute approximate surface area is 109 Å². The second kappa shape index (κ2) is 8.93. The van der Waals surface area contributed by atoms with E-state index in [2.05, 4.69) is 37.7 Å². The topological polar surface area (TPSA) is 6.48 Å². The van der Waals surface area contributed by atoms with E-state index in [1.807, 2.05) is 0 Å². The molecule has 0 aromatic rings. The maximum absolute atomic E-state index is 2.40. The van der Waals surface area contributed by atoms with E-state index in [0.717, 1.165) is 11.8 Å². The van der Waals surface area contributed by atoms with E-state index in [9.17, 15) is 0 Å². The van der Waals surface area contributed by atoms with E-state index >= 15 is 0 Å². The average Bonchev–Trinajstić information content (AvgIpc) is 2.28. The smallest absolute Gasteiger partial charge is 0.00192 e. The van der Waals surface area contributed by atoms with Gasteiger partial charge < -0.3 is 9.80 Å². The van der Waals surface area contributed by atoms with Gasteiger partial charge in [0.1, 0.15) is 0 Å². The molecule has 0 N–H and O–H groups in total. The molecular weight excluding hydrogens is 208 g/mol. The zero-order chi connectivity index (χ0) is 12.0. The largest absolute Gasteiger partial charge is 0.306 e. The number of hydrogen-bond donors (Lipinski definition) is 0. The van der Waals surface area contributed by atoms with E-state index in [0.29, 0.717) is 0 Å². The number of likely N-dealkylation sites (tertiary alicyclic amines) is 2. The van der Waals surface area contributed by atoms with Crippen LogP contribution < -0.4 is 0 Å². The molecule has 0 saturated carbocycles. The van der Waals surface area contributed by atoms with Crippen LogP contribution in [0.4, 0.5) is 0 Å². The summed E-state index contributed by atoms with van der Waals surface area (Å²) in [4.78, 5) is 4.81. The summed E-state index contributed by atoms with van der Waals surface area (Å²) in [5, 5.41) is 0. The van der Waals surface area contributed by atoms with Crippen LogP contribution in [0.15, 0.2) is 0 Å². The van der Waals surface area contributed by atoms with E-state index in [-0.39, 0.29) is 7.43 Å². The third-order valence-corrected chi connectivity index (χ3v) is 4.01. The summed E-state index contributed by atoms with van der Waals surface area (Å²) in [6.45, 7) is 9.91. The number of hydrogen-bond acceptors (Lipinski definition) is 2. The van der Waals surface area contributed by atoms with E-state index in [1.54, 1.807) is 0 Å². The molecule has 2 aliphatic heterocycles. The van der Waals surface area contributed by atoms with Crippen LogP contribution in [0, 0.1) is 11.8 Å². The molecule has 2 heteroatoms. The molecule has 0 aromatic carbocycles. The lowest BCUT2D eigenvalue weighted by Crippen LogP contribution is -2.28. The molecule has 0 spiro atoms. The molecule has 2 nitrogen and oxygen atoms in total. The molecule has 2 fully saturated rings. The van der Waals surface area contributed by atoms with Crippen LogP contribution >= 0.6 is 0 Å². The number of rotatable bonds is 0. The second-order valence-corrected chi connectivity index (χ2v) is 5.97. The Bertz CT molecular complexity index is 126. The normalized spacial score (nSPS) is 24.7. The first kappa shape index (κ1) is 16.9. The zero-order valence-electron chi connectivity index (χ0n) is 11.7. The van der Waals surface area contributed by atoms with Crippen molar-refractivity contribution in [2.75, 3.05) is 40.3 Å². The lowest BCUT2D eigenvalue weighted by atomic mass is 10.00. The summed E-state index contributed by atoms with van der Waals surface area (Å²) >= 11 is 0. The van der Waals surface area contributed by atoms with Gasteiger partial charge in [0.2, 0.25) is 0 Å². The zero-order valence-corrected chi connectivity index (χ0v) is 11.7. The highest BCUT2D eigenvalue weighted by molar-refractivity contribution is 4.65. The highest BCUT2D eigenvalue weighted by Crippen LogP contribution is 2.14. The van der Waals surface area contributed by atoms with Gasteiger partial charge >= 0.3 is 0 Å². The molecule has 17 heavy (non-hydrogen) atoms. The van der Waals surface area contributed by atoms with Crippen molar-refractivity contribution in [2.24, 2.45) is 11.8 Å². The molecule has 0 amide bonds. The van der Waals surface area contributed by atoms with Crippen molar-refractivity contribution < 1.29 is 0 Å². The molecule has 0 bridgehead atoms. The minimum Gasteiger partial charge on any atom is -0.306 e. The van der Waals surface area contributed by atoms with Crippen molar-refractivity contribution in [3.05, 3.63) is 0 Å². The molecule has 0 radical (unpaired) electrons. The first-order valence-corrected chi connectivity index (χ1v) is 6.95. The fraction of sp³-hybridized carbons (Fsp3) is 1.00. The summed E-state index contributed by atoms with van der Waals surface area (Å²) in [6.07, 6.45) is 5.60. The molecule has 2 rings (SSSR count).